The zero-order chi connectivity index (χ0) is 12.3. The topological polar surface area (TPSA) is 38.2 Å². The summed E-state index contributed by atoms with van der Waals surface area (Å²) >= 11 is 3.48. The van der Waals surface area contributed by atoms with Crippen LogP contribution in [0.25, 0.3) is 0 Å². The van der Waals surface area contributed by atoms with Gasteiger partial charge < -0.3 is 9.64 Å². The van der Waals surface area contributed by atoms with Gasteiger partial charge in [-0.2, -0.15) is 4.98 Å². The maximum absolute atomic E-state index is 5.47. The summed E-state index contributed by atoms with van der Waals surface area (Å²) in [5, 5.41) is 0.935. The number of ether oxygens (including phenoxy) is 1. The Hall–Kier alpha value is -0.840. The molecule has 17 heavy (non-hydrogen) atoms. The standard InChI is InChI=1S/C12H18BrN3O/c1-3-17-11-8-9(2)14-12(15-11)16(7-6-13)10-4-5-10/h8,10H,3-7H2,1-2H3. The van der Waals surface area contributed by atoms with Crippen molar-refractivity contribution in [3.05, 3.63) is 11.8 Å². The molecule has 0 spiro atoms. The average molecular weight is 300 g/mol. The van der Waals surface area contributed by atoms with E-state index in [1.165, 1.54) is 12.8 Å². The van der Waals surface area contributed by atoms with Crippen molar-refractivity contribution in [1.82, 2.24) is 9.97 Å². The fourth-order valence-corrected chi connectivity index (χ4v) is 2.18. The molecule has 1 aromatic heterocycles. The Morgan fingerprint density at radius 3 is 2.82 bits per heavy atom. The smallest absolute Gasteiger partial charge is 0.229 e. The maximum Gasteiger partial charge on any atom is 0.229 e. The van der Waals surface area contributed by atoms with Gasteiger partial charge in [0.05, 0.1) is 6.61 Å². The van der Waals surface area contributed by atoms with Crippen molar-refractivity contribution in [3.63, 3.8) is 0 Å². The van der Waals surface area contributed by atoms with E-state index in [4.69, 9.17) is 4.74 Å². The quantitative estimate of drug-likeness (QED) is 0.757. The van der Waals surface area contributed by atoms with E-state index in [0.717, 1.165) is 23.5 Å². The van der Waals surface area contributed by atoms with E-state index in [1.807, 2.05) is 19.9 Å². The minimum atomic E-state index is 0.615. The van der Waals surface area contributed by atoms with E-state index in [-0.39, 0.29) is 0 Å². The Balaban J connectivity index is 2.22. The summed E-state index contributed by atoms with van der Waals surface area (Å²) in [5.74, 6) is 1.48. The molecule has 0 amide bonds. The Morgan fingerprint density at radius 2 is 2.24 bits per heavy atom. The first-order valence-electron chi connectivity index (χ1n) is 6.05. The monoisotopic (exact) mass is 299 g/mol. The molecule has 0 unspecified atom stereocenters. The Kier molecular flexibility index (Phi) is 4.20. The van der Waals surface area contributed by atoms with Crippen molar-refractivity contribution < 1.29 is 4.74 Å². The molecule has 1 fully saturated rings. The number of hydrogen-bond donors (Lipinski definition) is 0. The molecule has 5 heteroatoms. The predicted molar refractivity (Wildman–Crippen MR) is 72.1 cm³/mol. The van der Waals surface area contributed by atoms with Crippen LogP contribution in [0.1, 0.15) is 25.5 Å². The van der Waals surface area contributed by atoms with E-state index < -0.39 is 0 Å². The summed E-state index contributed by atoms with van der Waals surface area (Å²) in [4.78, 5) is 11.3. The van der Waals surface area contributed by atoms with Crippen molar-refractivity contribution >= 4 is 21.9 Å². The van der Waals surface area contributed by atoms with Gasteiger partial charge in [-0.15, -0.1) is 0 Å². The van der Waals surface area contributed by atoms with Crippen LogP contribution in [0.15, 0.2) is 6.07 Å². The highest BCUT2D eigenvalue weighted by molar-refractivity contribution is 9.09. The van der Waals surface area contributed by atoms with Gasteiger partial charge in [0.15, 0.2) is 0 Å². The molecule has 0 atom stereocenters. The largest absolute Gasteiger partial charge is 0.478 e. The van der Waals surface area contributed by atoms with Crippen LogP contribution < -0.4 is 9.64 Å². The Bertz CT molecular complexity index is 382. The summed E-state index contributed by atoms with van der Waals surface area (Å²) < 4.78 is 5.47. The number of rotatable bonds is 6. The van der Waals surface area contributed by atoms with Crippen molar-refractivity contribution in [1.29, 1.82) is 0 Å². The van der Waals surface area contributed by atoms with Crippen molar-refractivity contribution in [2.24, 2.45) is 0 Å². The molecule has 0 aliphatic heterocycles. The van der Waals surface area contributed by atoms with Crippen LogP contribution in [0, 0.1) is 6.92 Å². The van der Waals surface area contributed by atoms with Gasteiger partial charge in [-0.3, -0.25) is 0 Å². The van der Waals surface area contributed by atoms with Crippen molar-refractivity contribution in [3.8, 4) is 5.88 Å². The van der Waals surface area contributed by atoms with E-state index in [1.54, 1.807) is 0 Å². The summed E-state index contributed by atoms with van der Waals surface area (Å²) in [6.45, 7) is 5.53. The summed E-state index contributed by atoms with van der Waals surface area (Å²) in [6, 6.07) is 2.50. The molecule has 0 N–H and O–H groups in total. The molecule has 1 saturated carbocycles. The fourth-order valence-electron chi connectivity index (χ4n) is 1.80. The molecule has 0 bridgehead atoms. The van der Waals surface area contributed by atoms with Gasteiger partial charge in [0, 0.05) is 29.7 Å². The second kappa shape index (κ2) is 5.67. The number of anilines is 1. The molecule has 0 saturated heterocycles. The highest BCUT2D eigenvalue weighted by atomic mass is 79.9. The number of halogens is 1. The van der Waals surface area contributed by atoms with E-state index in [0.29, 0.717) is 18.5 Å². The minimum absolute atomic E-state index is 0.615. The maximum atomic E-state index is 5.47. The number of aromatic nitrogens is 2. The normalized spacial score (nSPS) is 14.8. The molecular formula is C12H18BrN3O. The van der Waals surface area contributed by atoms with Crippen LogP contribution in [0.4, 0.5) is 5.95 Å². The molecule has 0 aromatic carbocycles. The van der Waals surface area contributed by atoms with Crippen LogP contribution >= 0.6 is 15.9 Å². The average Bonchev–Trinajstić information content (AvgIpc) is 3.09. The molecule has 1 aliphatic rings. The zero-order valence-electron chi connectivity index (χ0n) is 10.3. The lowest BCUT2D eigenvalue weighted by molar-refractivity contribution is 0.326. The minimum Gasteiger partial charge on any atom is -0.478 e. The molecule has 1 aromatic rings. The molecule has 94 valence electrons. The van der Waals surface area contributed by atoms with Crippen molar-refractivity contribution in [2.75, 3.05) is 23.4 Å². The number of hydrogen-bond acceptors (Lipinski definition) is 4. The van der Waals surface area contributed by atoms with Crippen LogP contribution in [0.2, 0.25) is 0 Å². The lowest BCUT2D eigenvalue weighted by Crippen LogP contribution is -2.29. The number of aryl methyl sites for hydroxylation is 1. The molecule has 1 aliphatic carbocycles. The summed E-state index contributed by atoms with van der Waals surface area (Å²) in [6.07, 6.45) is 2.49. The van der Waals surface area contributed by atoms with E-state index in [2.05, 4.69) is 30.8 Å². The predicted octanol–water partition coefficient (Wildman–Crippen LogP) is 2.55. The third-order valence-electron chi connectivity index (χ3n) is 2.68. The second-order valence-electron chi connectivity index (χ2n) is 4.19. The van der Waals surface area contributed by atoms with Gasteiger partial charge in [-0.25, -0.2) is 4.98 Å². The van der Waals surface area contributed by atoms with Gasteiger partial charge in [0.2, 0.25) is 11.8 Å². The highest BCUT2D eigenvalue weighted by Gasteiger charge is 2.30. The lowest BCUT2D eigenvalue weighted by Gasteiger charge is -2.21. The lowest BCUT2D eigenvalue weighted by atomic mass is 10.4. The van der Waals surface area contributed by atoms with Crippen LogP contribution in [-0.4, -0.2) is 34.5 Å². The number of alkyl halides is 1. The first kappa shape index (κ1) is 12.6. The van der Waals surface area contributed by atoms with Crippen LogP contribution in [-0.2, 0) is 0 Å². The van der Waals surface area contributed by atoms with Gasteiger partial charge in [0.25, 0.3) is 0 Å². The molecule has 2 rings (SSSR count). The number of nitrogens with zero attached hydrogens (tertiary/aromatic N) is 3. The van der Waals surface area contributed by atoms with E-state index in [9.17, 15) is 0 Å². The molecule has 4 nitrogen and oxygen atoms in total. The van der Waals surface area contributed by atoms with Crippen LogP contribution in [0.3, 0.4) is 0 Å². The van der Waals surface area contributed by atoms with Crippen LogP contribution in [0.5, 0.6) is 5.88 Å². The van der Waals surface area contributed by atoms with Gasteiger partial charge in [-0.1, -0.05) is 15.9 Å². The third kappa shape index (κ3) is 3.31. The summed E-state index contributed by atoms with van der Waals surface area (Å²) in [5.41, 5.74) is 0.957. The highest BCUT2D eigenvalue weighted by Crippen LogP contribution is 2.30. The Labute approximate surface area is 111 Å². The third-order valence-corrected chi connectivity index (χ3v) is 3.04. The summed E-state index contributed by atoms with van der Waals surface area (Å²) in [7, 11) is 0. The molecular weight excluding hydrogens is 282 g/mol. The van der Waals surface area contributed by atoms with Gasteiger partial charge >= 0.3 is 0 Å². The second-order valence-corrected chi connectivity index (χ2v) is 4.99. The zero-order valence-corrected chi connectivity index (χ0v) is 11.9. The Morgan fingerprint density at radius 1 is 1.47 bits per heavy atom. The van der Waals surface area contributed by atoms with Crippen molar-refractivity contribution in [2.45, 2.75) is 32.7 Å². The first-order chi connectivity index (χ1) is 8.24. The first-order valence-corrected chi connectivity index (χ1v) is 7.17. The molecule has 1 heterocycles. The van der Waals surface area contributed by atoms with E-state index >= 15 is 0 Å². The fraction of sp³-hybridized carbons (Fsp3) is 0.667. The van der Waals surface area contributed by atoms with Gasteiger partial charge in [-0.05, 0) is 26.7 Å². The SMILES string of the molecule is CCOc1cc(C)nc(N(CCBr)C2CC2)n1. The molecule has 0 radical (unpaired) electrons. The van der Waals surface area contributed by atoms with Gasteiger partial charge in [0.1, 0.15) is 0 Å².